The molecule has 4 rings (SSSR count). The zero-order chi connectivity index (χ0) is 20.1. The van der Waals surface area contributed by atoms with E-state index in [1.54, 1.807) is 0 Å². The van der Waals surface area contributed by atoms with Gasteiger partial charge in [0, 0.05) is 28.4 Å². The molecule has 2 aromatic heterocycles. The van der Waals surface area contributed by atoms with Crippen LogP contribution in [0.15, 0.2) is 23.2 Å². The molecule has 29 heavy (non-hydrogen) atoms. The Kier molecular flexibility index (Phi) is 7.08. The van der Waals surface area contributed by atoms with Crippen LogP contribution in [-0.4, -0.2) is 32.5 Å². The van der Waals surface area contributed by atoms with E-state index in [1.165, 1.54) is 72.7 Å². The van der Waals surface area contributed by atoms with E-state index in [1.807, 2.05) is 17.4 Å². The van der Waals surface area contributed by atoms with E-state index >= 15 is 0 Å². The van der Waals surface area contributed by atoms with Gasteiger partial charge in [0.15, 0.2) is 11.0 Å². The fraction of sp³-hybridized carbons (Fsp3) is 0.591. The van der Waals surface area contributed by atoms with Gasteiger partial charge >= 0.3 is 0 Å². The number of hydrogen-bond acceptors (Lipinski definition) is 5. The number of carbonyl (C=O) groups is 1. The van der Waals surface area contributed by atoms with Crippen LogP contribution in [0, 0.1) is 0 Å². The Morgan fingerprint density at radius 2 is 2.00 bits per heavy atom. The van der Waals surface area contributed by atoms with Crippen molar-refractivity contribution in [2.24, 2.45) is 0 Å². The highest BCUT2D eigenvalue weighted by Gasteiger charge is 2.22. The molecule has 1 amide bonds. The van der Waals surface area contributed by atoms with Crippen molar-refractivity contribution in [2.75, 3.05) is 5.75 Å². The minimum atomic E-state index is 0.101. The first kappa shape index (κ1) is 20.7. The molecule has 1 N–H and O–H groups in total. The summed E-state index contributed by atoms with van der Waals surface area (Å²) in [5.41, 5.74) is 2.66. The van der Waals surface area contributed by atoms with Crippen LogP contribution >= 0.6 is 23.1 Å². The number of fused-ring (bicyclic) bond motifs is 1. The minimum Gasteiger partial charge on any atom is -0.353 e. The highest BCUT2D eigenvalue weighted by atomic mass is 32.2. The first-order valence-electron chi connectivity index (χ1n) is 10.8. The number of aryl methyl sites for hydroxylation is 1. The van der Waals surface area contributed by atoms with Gasteiger partial charge in [0.2, 0.25) is 5.91 Å². The van der Waals surface area contributed by atoms with Gasteiger partial charge < -0.3 is 5.32 Å². The summed E-state index contributed by atoms with van der Waals surface area (Å²) in [6.07, 6.45) is 14.0. The Balaban J connectivity index is 1.45. The normalized spacial score (nSPS) is 17.5. The second-order valence-corrected chi connectivity index (χ2v) is 9.92. The molecule has 0 aromatic carbocycles. The number of allylic oxidation sites excluding steroid dienone is 1. The average molecular weight is 431 g/mol. The van der Waals surface area contributed by atoms with E-state index in [0.717, 1.165) is 30.2 Å². The number of amides is 1. The lowest BCUT2D eigenvalue weighted by Gasteiger charge is -2.16. The maximum absolute atomic E-state index is 12.5. The van der Waals surface area contributed by atoms with Gasteiger partial charge in [0.1, 0.15) is 0 Å². The lowest BCUT2D eigenvalue weighted by Crippen LogP contribution is -2.35. The Labute approximate surface area is 181 Å². The second kappa shape index (κ2) is 9.94. The molecule has 7 heteroatoms. The third kappa shape index (κ3) is 4.94. The van der Waals surface area contributed by atoms with Gasteiger partial charge in [-0.2, -0.15) is 0 Å². The summed E-state index contributed by atoms with van der Waals surface area (Å²) in [6, 6.07) is 0.338. The molecule has 0 aliphatic heterocycles. The van der Waals surface area contributed by atoms with Crippen molar-refractivity contribution in [3.8, 4) is 11.4 Å². The maximum Gasteiger partial charge on any atom is 0.230 e. The summed E-state index contributed by atoms with van der Waals surface area (Å²) in [5.74, 6) is 1.40. The van der Waals surface area contributed by atoms with E-state index in [9.17, 15) is 4.79 Å². The van der Waals surface area contributed by atoms with Crippen molar-refractivity contribution < 1.29 is 4.79 Å². The number of nitrogens with one attached hydrogen (secondary N) is 1. The van der Waals surface area contributed by atoms with Crippen LogP contribution < -0.4 is 5.32 Å². The molecule has 1 saturated carbocycles. The monoisotopic (exact) mass is 430 g/mol. The molecule has 0 bridgehead atoms. The molecule has 0 atom stereocenters. The van der Waals surface area contributed by atoms with E-state index in [2.05, 4.69) is 32.0 Å². The lowest BCUT2D eigenvalue weighted by atomic mass is 9.95. The van der Waals surface area contributed by atoms with Crippen molar-refractivity contribution in [3.63, 3.8) is 0 Å². The van der Waals surface area contributed by atoms with Crippen molar-refractivity contribution >= 4 is 29.0 Å². The van der Waals surface area contributed by atoms with E-state index in [4.69, 9.17) is 0 Å². The number of thioether (sulfide) groups is 1. The summed E-state index contributed by atoms with van der Waals surface area (Å²) < 4.78 is 2.10. The fourth-order valence-electron chi connectivity index (χ4n) is 4.39. The predicted octanol–water partition coefficient (Wildman–Crippen LogP) is 5.00. The first-order chi connectivity index (χ1) is 14.3. The van der Waals surface area contributed by atoms with Gasteiger partial charge in [-0.15, -0.1) is 28.1 Å². The lowest BCUT2D eigenvalue weighted by molar-refractivity contribution is -0.119. The van der Waals surface area contributed by atoms with Crippen molar-refractivity contribution in [3.05, 3.63) is 28.5 Å². The number of hydrogen-bond donors (Lipinski definition) is 1. The molecule has 0 spiro atoms. The highest BCUT2D eigenvalue weighted by molar-refractivity contribution is 7.99. The van der Waals surface area contributed by atoms with E-state index in [0.29, 0.717) is 18.3 Å². The van der Waals surface area contributed by atoms with Gasteiger partial charge in [-0.1, -0.05) is 43.5 Å². The van der Waals surface area contributed by atoms with Crippen LogP contribution in [0.2, 0.25) is 0 Å². The first-order valence-corrected chi connectivity index (χ1v) is 12.7. The molecular formula is C22H30N4OS2. The van der Waals surface area contributed by atoms with Gasteiger partial charge in [0.05, 0.1) is 5.75 Å². The maximum atomic E-state index is 12.5. The number of thiophene rings is 1. The van der Waals surface area contributed by atoms with Crippen LogP contribution in [0.5, 0.6) is 0 Å². The molecule has 5 nitrogen and oxygen atoms in total. The molecule has 2 aliphatic carbocycles. The van der Waals surface area contributed by atoms with Crippen LogP contribution in [0.25, 0.3) is 11.4 Å². The molecule has 2 aliphatic rings. The number of aromatic nitrogens is 3. The largest absolute Gasteiger partial charge is 0.353 e. The predicted molar refractivity (Wildman–Crippen MR) is 121 cm³/mol. The summed E-state index contributed by atoms with van der Waals surface area (Å²) in [6.45, 7) is 4.56. The number of nitrogens with zero attached hydrogens (tertiary/aromatic N) is 3. The third-order valence-corrected chi connectivity index (χ3v) is 7.94. The Morgan fingerprint density at radius 1 is 1.21 bits per heavy atom. The quantitative estimate of drug-likeness (QED) is 0.381. The Bertz CT molecular complexity index is 849. The van der Waals surface area contributed by atoms with Gasteiger partial charge in [-0.3, -0.25) is 9.36 Å². The molecule has 0 saturated heterocycles. The van der Waals surface area contributed by atoms with Crippen LogP contribution in [0.3, 0.4) is 0 Å². The number of carbonyl (C=O) groups excluding carboxylic acids is 1. The molecule has 1 fully saturated rings. The van der Waals surface area contributed by atoms with Gasteiger partial charge in [0.25, 0.3) is 0 Å². The molecule has 2 aromatic rings. The molecule has 0 unspecified atom stereocenters. The Morgan fingerprint density at radius 3 is 2.79 bits per heavy atom. The Hall–Kier alpha value is -1.60. The van der Waals surface area contributed by atoms with Crippen molar-refractivity contribution in [1.82, 2.24) is 20.1 Å². The molecule has 0 radical (unpaired) electrons. The summed E-state index contributed by atoms with van der Waals surface area (Å²) in [5, 5.41) is 15.2. The zero-order valence-electron chi connectivity index (χ0n) is 17.0. The van der Waals surface area contributed by atoms with E-state index in [-0.39, 0.29) is 5.91 Å². The summed E-state index contributed by atoms with van der Waals surface area (Å²) in [7, 11) is 0. The summed E-state index contributed by atoms with van der Waals surface area (Å²) in [4.78, 5) is 14.0. The highest BCUT2D eigenvalue weighted by Crippen LogP contribution is 2.36. The van der Waals surface area contributed by atoms with Crippen molar-refractivity contribution in [1.29, 1.82) is 0 Å². The van der Waals surface area contributed by atoms with Crippen molar-refractivity contribution in [2.45, 2.75) is 82.0 Å². The van der Waals surface area contributed by atoms with Crippen LogP contribution in [0.1, 0.15) is 61.8 Å². The zero-order valence-corrected chi connectivity index (χ0v) is 18.6. The average Bonchev–Trinajstić information content (AvgIpc) is 3.23. The third-order valence-electron chi connectivity index (χ3n) is 5.88. The second-order valence-electron chi connectivity index (χ2n) is 8.01. The molecule has 2 heterocycles. The molecule has 156 valence electrons. The SMILES string of the molecule is C=CCn1c(SCC(=O)NC2CCCCCC2)nnc1-c1csc2c1CCCC2. The standard InChI is InChI=1S/C22H30N4OS2/c1-2-13-26-21(18-14-28-19-12-8-7-11-17(18)19)24-25-22(26)29-15-20(27)23-16-9-5-3-4-6-10-16/h2,14,16H,1,3-13,15H2,(H,23,27). The minimum absolute atomic E-state index is 0.101. The smallest absolute Gasteiger partial charge is 0.230 e. The van der Waals surface area contributed by atoms with Gasteiger partial charge in [-0.05, 0) is 44.1 Å². The van der Waals surface area contributed by atoms with Gasteiger partial charge in [-0.25, -0.2) is 0 Å². The number of rotatable bonds is 7. The van der Waals surface area contributed by atoms with Crippen LogP contribution in [-0.2, 0) is 24.2 Å². The van der Waals surface area contributed by atoms with E-state index < -0.39 is 0 Å². The topological polar surface area (TPSA) is 59.8 Å². The van der Waals surface area contributed by atoms with Crippen LogP contribution in [0.4, 0.5) is 0 Å². The fourth-order valence-corrected chi connectivity index (χ4v) is 6.28. The molecular weight excluding hydrogens is 400 g/mol. The summed E-state index contributed by atoms with van der Waals surface area (Å²) >= 11 is 3.32.